The second-order valence-corrected chi connectivity index (χ2v) is 7.14. The zero-order valence-corrected chi connectivity index (χ0v) is 16.2. The number of aryl methyl sites for hydroxylation is 3. The van der Waals surface area contributed by atoms with Crippen LogP contribution in [0, 0.1) is 19.8 Å². The Morgan fingerprint density at radius 2 is 2.04 bits per heavy atom. The smallest absolute Gasteiger partial charge is 0.227 e. The van der Waals surface area contributed by atoms with Crippen LogP contribution in [-0.2, 0) is 22.6 Å². The van der Waals surface area contributed by atoms with E-state index in [-0.39, 0.29) is 30.7 Å². The zero-order valence-electron chi connectivity index (χ0n) is 16.2. The predicted octanol–water partition coefficient (Wildman–Crippen LogP) is 3.30. The van der Waals surface area contributed by atoms with Gasteiger partial charge in [0.2, 0.25) is 17.7 Å². The van der Waals surface area contributed by atoms with E-state index in [1.165, 1.54) is 5.56 Å². The third-order valence-electron chi connectivity index (χ3n) is 5.05. The Balaban J connectivity index is 1.56. The molecule has 2 heterocycles. The normalized spacial score (nSPS) is 16.8. The molecule has 1 aromatic heterocycles. The molecule has 144 valence electrons. The summed E-state index contributed by atoms with van der Waals surface area (Å²) in [6, 6.07) is 8.08. The molecule has 1 unspecified atom stereocenters. The van der Waals surface area contributed by atoms with E-state index in [1.807, 2.05) is 26.0 Å². The van der Waals surface area contributed by atoms with Crippen LogP contribution in [0.5, 0.6) is 0 Å². The highest BCUT2D eigenvalue weighted by Crippen LogP contribution is 2.26. The second-order valence-electron chi connectivity index (χ2n) is 7.14. The molecule has 2 aromatic rings. The highest BCUT2D eigenvalue weighted by Gasteiger charge is 2.35. The summed E-state index contributed by atoms with van der Waals surface area (Å²) >= 11 is 0. The first-order chi connectivity index (χ1) is 13.0. The standard InChI is InChI=1S/C21H27N3O3/c1-4-5-6-16-7-9-18(10-8-16)24-13-17(11-20(24)25)21(26)22-12-19-23-14(2)15(3)27-19/h7-10,17H,4-6,11-13H2,1-3H3,(H,22,26). The van der Waals surface area contributed by atoms with Gasteiger partial charge in [-0.2, -0.15) is 0 Å². The van der Waals surface area contributed by atoms with E-state index in [4.69, 9.17) is 4.42 Å². The van der Waals surface area contributed by atoms with Crippen molar-refractivity contribution in [3.8, 4) is 0 Å². The molecule has 0 aliphatic carbocycles. The highest BCUT2D eigenvalue weighted by molar-refractivity contribution is 6.00. The molecular weight excluding hydrogens is 342 g/mol. The molecule has 0 radical (unpaired) electrons. The van der Waals surface area contributed by atoms with Crippen LogP contribution in [0.4, 0.5) is 5.69 Å². The Kier molecular flexibility index (Phi) is 5.94. The lowest BCUT2D eigenvalue weighted by Crippen LogP contribution is -2.32. The highest BCUT2D eigenvalue weighted by atomic mass is 16.4. The molecule has 27 heavy (non-hydrogen) atoms. The number of nitrogens with zero attached hydrogens (tertiary/aromatic N) is 2. The van der Waals surface area contributed by atoms with E-state index in [0.29, 0.717) is 12.4 Å². The van der Waals surface area contributed by atoms with Gasteiger partial charge < -0.3 is 14.6 Å². The maximum absolute atomic E-state index is 12.4. The fourth-order valence-electron chi connectivity index (χ4n) is 3.28. The van der Waals surface area contributed by atoms with Gasteiger partial charge in [-0.3, -0.25) is 9.59 Å². The van der Waals surface area contributed by atoms with Crippen molar-refractivity contribution in [2.45, 2.75) is 53.0 Å². The Morgan fingerprint density at radius 3 is 2.67 bits per heavy atom. The van der Waals surface area contributed by atoms with Crippen LogP contribution in [0.1, 0.15) is 49.1 Å². The molecular formula is C21H27N3O3. The summed E-state index contributed by atoms with van der Waals surface area (Å²) in [5.41, 5.74) is 2.96. The molecule has 1 aromatic carbocycles. The minimum atomic E-state index is -0.352. The van der Waals surface area contributed by atoms with Crippen LogP contribution in [0.25, 0.3) is 0 Å². The molecule has 1 N–H and O–H groups in total. The molecule has 1 aliphatic heterocycles. The van der Waals surface area contributed by atoms with E-state index < -0.39 is 0 Å². The minimum Gasteiger partial charge on any atom is -0.444 e. The first-order valence-corrected chi connectivity index (χ1v) is 9.58. The van der Waals surface area contributed by atoms with E-state index in [0.717, 1.165) is 36.4 Å². The maximum atomic E-state index is 12.4. The molecule has 3 rings (SSSR count). The quantitative estimate of drug-likeness (QED) is 0.812. The third kappa shape index (κ3) is 4.56. The molecule has 6 nitrogen and oxygen atoms in total. The Morgan fingerprint density at radius 1 is 1.30 bits per heavy atom. The minimum absolute atomic E-state index is 0.0146. The molecule has 0 saturated carbocycles. The van der Waals surface area contributed by atoms with Gasteiger partial charge >= 0.3 is 0 Å². The van der Waals surface area contributed by atoms with Crippen molar-refractivity contribution in [1.82, 2.24) is 10.3 Å². The van der Waals surface area contributed by atoms with Crippen LogP contribution in [0.3, 0.4) is 0 Å². The number of aromatic nitrogens is 1. The van der Waals surface area contributed by atoms with Gasteiger partial charge in [-0.25, -0.2) is 4.98 Å². The SMILES string of the molecule is CCCCc1ccc(N2CC(C(=O)NCc3nc(C)c(C)o3)CC2=O)cc1. The van der Waals surface area contributed by atoms with Crippen molar-refractivity contribution in [2.75, 3.05) is 11.4 Å². The molecule has 0 bridgehead atoms. The molecule has 0 spiro atoms. The van der Waals surface area contributed by atoms with Gasteiger partial charge in [0, 0.05) is 18.7 Å². The van der Waals surface area contributed by atoms with Crippen LogP contribution in [-0.4, -0.2) is 23.3 Å². The van der Waals surface area contributed by atoms with Crippen LogP contribution < -0.4 is 10.2 Å². The summed E-state index contributed by atoms with van der Waals surface area (Å²) in [7, 11) is 0. The van der Waals surface area contributed by atoms with Crippen LogP contribution in [0.2, 0.25) is 0 Å². The fourth-order valence-corrected chi connectivity index (χ4v) is 3.28. The number of benzene rings is 1. The Hall–Kier alpha value is -2.63. The summed E-state index contributed by atoms with van der Waals surface area (Å²) in [4.78, 5) is 30.8. The zero-order chi connectivity index (χ0) is 19.4. The van der Waals surface area contributed by atoms with Gasteiger partial charge in [-0.15, -0.1) is 0 Å². The predicted molar refractivity (Wildman–Crippen MR) is 103 cm³/mol. The first-order valence-electron chi connectivity index (χ1n) is 9.58. The summed E-state index contributed by atoms with van der Waals surface area (Å²) in [5, 5.41) is 2.83. The number of carbonyl (C=O) groups excluding carboxylic acids is 2. The number of hydrogen-bond donors (Lipinski definition) is 1. The number of anilines is 1. The summed E-state index contributed by atoms with van der Waals surface area (Å²) in [5.74, 6) is 0.735. The van der Waals surface area contributed by atoms with Crippen molar-refractivity contribution < 1.29 is 14.0 Å². The summed E-state index contributed by atoms with van der Waals surface area (Å²) in [6.07, 6.45) is 3.60. The number of amides is 2. The Bertz CT molecular complexity index is 791. The van der Waals surface area contributed by atoms with Crippen LogP contribution in [0.15, 0.2) is 28.7 Å². The van der Waals surface area contributed by atoms with Crippen molar-refractivity contribution in [1.29, 1.82) is 0 Å². The van der Waals surface area contributed by atoms with E-state index >= 15 is 0 Å². The molecule has 6 heteroatoms. The molecule has 1 atom stereocenters. The number of hydrogen-bond acceptors (Lipinski definition) is 4. The van der Waals surface area contributed by atoms with E-state index in [1.54, 1.807) is 4.90 Å². The second kappa shape index (κ2) is 8.37. The Labute approximate surface area is 160 Å². The van der Waals surface area contributed by atoms with Crippen molar-refractivity contribution >= 4 is 17.5 Å². The average Bonchev–Trinajstić information content (AvgIpc) is 3.20. The van der Waals surface area contributed by atoms with Crippen molar-refractivity contribution in [2.24, 2.45) is 5.92 Å². The lowest BCUT2D eigenvalue weighted by atomic mass is 10.1. The van der Waals surface area contributed by atoms with Gasteiger partial charge in [0.15, 0.2) is 0 Å². The van der Waals surface area contributed by atoms with Gasteiger partial charge in [-0.1, -0.05) is 25.5 Å². The first kappa shape index (κ1) is 19.1. The fraction of sp³-hybridized carbons (Fsp3) is 0.476. The maximum Gasteiger partial charge on any atom is 0.227 e. The lowest BCUT2D eigenvalue weighted by Gasteiger charge is -2.17. The summed E-state index contributed by atoms with van der Waals surface area (Å²) < 4.78 is 5.47. The third-order valence-corrected chi connectivity index (χ3v) is 5.05. The largest absolute Gasteiger partial charge is 0.444 e. The number of unbranched alkanes of at least 4 members (excludes halogenated alkanes) is 1. The lowest BCUT2D eigenvalue weighted by molar-refractivity contribution is -0.126. The molecule has 1 aliphatic rings. The number of nitrogens with one attached hydrogen (secondary N) is 1. The number of rotatable bonds is 7. The van der Waals surface area contributed by atoms with Crippen molar-refractivity contribution in [3.63, 3.8) is 0 Å². The number of carbonyl (C=O) groups is 2. The monoisotopic (exact) mass is 369 g/mol. The van der Waals surface area contributed by atoms with E-state index in [9.17, 15) is 9.59 Å². The van der Waals surface area contributed by atoms with Gasteiger partial charge in [0.25, 0.3) is 0 Å². The van der Waals surface area contributed by atoms with Gasteiger partial charge in [0.1, 0.15) is 5.76 Å². The average molecular weight is 369 g/mol. The topological polar surface area (TPSA) is 75.4 Å². The summed E-state index contributed by atoms with van der Waals surface area (Å²) in [6.45, 7) is 6.53. The van der Waals surface area contributed by atoms with Crippen LogP contribution >= 0.6 is 0 Å². The number of oxazole rings is 1. The molecule has 2 amide bonds. The molecule has 1 saturated heterocycles. The van der Waals surface area contributed by atoms with Gasteiger partial charge in [-0.05, 0) is 44.4 Å². The molecule has 1 fully saturated rings. The van der Waals surface area contributed by atoms with Crippen molar-refractivity contribution in [3.05, 3.63) is 47.2 Å². The van der Waals surface area contributed by atoms with E-state index in [2.05, 4.69) is 29.4 Å². The van der Waals surface area contributed by atoms with Gasteiger partial charge in [0.05, 0.1) is 18.2 Å².